The molecule has 28 heavy (non-hydrogen) atoms. The van der Waals surface area contributed by atoms with E-state index in [-0.39, 0.29) is 36.7 Å². The molecular weight excluding hydrogens is 360 g/mol. The minimum Gasteiger partial charge on any atom is -0.343 e. The van der Waals surface area contributed by atoms with Gasteiger partial charge in [-0.25, -0.2) is 0 Å². The molecule has 0 bridgehead atoms. The van der Waals surface area contributed by atoms with Gasteiger partial charge in [0, 0.05) is 44.4 Å². The number of hydrogen-bond donors (Lipinski definition) is 1. The van der Waals surface area contributed by atoms with Crippen molar-refractivity contribution in [3.8, 4) is 0 Å². The Labute approximate surface area is 164 Å². The SMILES string of the molecule is CN(CC(=O)N1CCCC1)C(=O)CNC(=O)c1ccc(N2CCCC2=O)cc1. The van der Waals surface area contributed by atoms with Gasteiger partial charge in [-0.3, -0.25) is 19.2 Å². The molecule has 1 aromatic carbocycles. The van der Waals surface area contributed by atoms with Crippen molar-refractivity contribution < 1.29 is 19.2 Å². The van der Waals surface area contributed by atoms with E-state index < -0.39 is 0 Å². The lowest BCUT2D eigenvalue weighted by Gasteiger charge is -2.21. The molecule has 1 N–H and O–H groups in total. The maximum absolute atomic E-state index is 12.3. The maximum atomic E-state index is 12.3. The number of likely N-dealkylation sites (N-methyl/N-ethyl adjacent to an activating group) is 1. The average molecular weight is 386 g/mol. The highest BCUT2D eigenvalue weighted by Gasteiger charge is 2.23. The molecule has 2 aliphatic heterocycles. The fourth-order valence-corrected chi connectivity index (χ4v) is 3.46. The largest absolute Gasteiger partial charge is 0.343 e. The number of rotatable bonds is 6. The van der Waals surface area contributed by atoms with Crippen LogP contribution in [0.25, 0.3) is 0 Å². The monoisotopic (exact) mass is 386 g/mol. The van der Waals surface area contributed by atoms with Crippen LogP contribution in [0.2, 0.25) is 0 Å². The highest BCUT2D eigenvalue weighted by molar-refractivity contribution is 5.98. The molecule has 0 spiro atoms. The van der Waals surface area contributed by atoms with Gasteiger partial charge in [-0.15, -0.1) is 0 Å². The van der Waals surface area contributed by atoms with Crippen LogP contribution >= 0.6 is 0 Å². The predicted octanol–water partition coefficient (Wildman–Crippen LogP) is 0.624. The summed E-state index contributed by atoms with van der Waals surface area (Å²) in [6.45, 7) is 2.04. The van der Waals surface area contributed by atoms with E-state index in [9.17, 15) is 19.2 Å². The van der Waals surface area contributed by atoms with Crippen LogP contribution in [0.3, 0.4) is 0 Å². The molecule has 1 aromatic rings. The topological polar surface area (TPSA) is 90.0 Å². The Bertz CT molecular complexity index is 756. The van der Waals surface area contributed by atoms with Crippen LogP contribution in [0.15, 0.2) is 24.3 Å². The second-order valence-electron chi connectivity index (χ2n) is 7.22. The number of carbonyl (C=O) groups is 4. The summed E-state index contributed by atoms with van der Waals surface area (Å²) in [5.41, 5.74) is 1.19. The Balaban J connectivity index is 1.47. The lowest BCUT2D eigenvalue weighted by atomic mass is 10.2. The van der Waals surface area contributed by atoms with Crippen molar-refractivity contribution in [1.29, 1.82) is 0 Å². The Kier molecular flexibility index (Phi) is 6.28. The second-order valence-corrected chi connectivity index (χ2v) is 7.22. The standard InChI is InChI=1S/C20H26N4O4/c1-22(14-19(27)23-10-2-3-11-23)18(26)13-21-20(28)15-6-8-16(9-7-15)24-12-4-5-17(24)25/h6-9H,2-5,10-14H2,1H3,(H,21,28). The molecule has 8 nitrogen and oxygen atoms in total. The number of nitrogens with one attached hydrogen (secondary N) is 1. The fraction of sp³-hybridized carbons (Fsp3) is 0.500. The lowest BCUT2D eigenvalue weighted by molar-refractivity contribution is -0.138. The first-order valence-electron chi connectivity index (χ1n) is 9.66. The highest BCUT2D eigenvalue weighted by atomic mass is 16.2. The van der Waals surface area contributed by atoms with E-state index in [0.717, 1.165) is 38.0 Å². The van der Waals surface area contributed by atoms with E-state index in [1.807, 2.05) is 0 Å². The molecule has 2 aliphatic rings. The molecule has 3 rings (SSSR count). The summed E-state index contributed by atoms with van der Waals surface area (Å²) in [6, 6.07) is 6.75. The Morgan fingerprint density at radius 2 is 1.71 bits per heavy atom. The molecule has 2 heterocycles. The summed E-state index contributed by atoms with van der Waals surface area (Å²) < 4.78 is 0. The Hall–Kier alpha value is -2.90. The average Bonchev–Trinajstić information content (AvgIpc) is 3.37. The number of amides is 4. The van der Waals surface area contributed by atoms with E-state index in [1.54, 1.807) is 41.1 Å². The van der Waals surface area contributed by atoms with Gasteiger partial charge in [0.15, 0.2) is 0 Å². The van der Waals surface area contributed by atoms with E-state index in [0.29, 0.717) is 18.5 Å². The molecule has 0 atom stereocenters. The van der Waals surface area contributed by atoms with Gasteiger partial charge >= 0.3 is 0 Å². The van der Waals surface area contributed by atoms with Gasteiger partial charge in [0.1, 0.15) is 0 Å². The number of benzene rings is 1. The number of hydrogen-bond acceptors (Lipinski definition) is 4. The summed E-state index contributed by atoms with van der Waals surface area (Å²) in [7, 11) is 1.56. The van der Waals surface area contributed by atoms with Gasteiger partial charge in [-0.05, 0) is 43.5 Å². The molecule has 0 radical (unpaired) electrons. The Morgan fingerprint density at radius 1 is 1.04 bits per heavy atom. The molecule has 2 fully saturated rings. The number of anilines is 1. The zero-order valence-electron chi connectivity index (χ0n) is 16.1. The van der Waals surface area contributed by atoms with Crippen LogP contribution < -0.4 is 10.2 Å². The van der Waals surface area contributed by atoms with Gasteiger partial charge in [0.05, 0.1) is 13.1 Å². The van der Waals surface area contributed by atoms with Crippen LogP contribution in [0.4, 0.5) is 5.69 Å². The summed E-state index contributed by atoms with van der Waals surface area (Å²) >= 11 is 0. The summed E-state index contributed by atoms with van der Waals surface area (Å²) in [5, 5.41) is 2.58. The predicted molar refractivity (Wildman–Crippen MR) is 104 cm³/mol. The number of nitrogens with zero attached hydrogens (tertiary/aromatic N) is 3. The van der Waals surface area contributed by atoms with E-state index in [2.05, 4.69) is 5.32 Å². The zero-order valence-corrected chi connectivity index (χ0v) is 16.1. The van der Waals surface area contributed by atoms with Gasteiger partial charge in [-0.1, -0.05) is 0 Å². The molecule has 8 heteroatoms. The summed E-state index contributed by atoms with van der Waals surface area (Å²) in [4.78, 5) is 53.1. The first kappa shape index (κ1) is 19.9. The second kappa shape index (κ2) is 8.86. The minimum absolute atomic E-state index is 0.0211. The number of carbonyl (C=O) groups excluding carboxylic acids is 4. The third kappa shape index (κ3) is 4.68. The van der Waals surface area contributed by atoms with E-state index >= 15 is 0 Å². The Morgan fingerprint density at radius 3 is 2.32 bits per heavy atom. The maximum Gasteiger partial charge on any atom is 0.251 e. The summed E-state index contributed by atoms with van der Waals surface area (Å²) in [6.07, 6.45) is 3.41. The van der Waals surface area contributed by atoms with Gasteiger partial charge in [0.2, 0.25) is 17.7 Å². The molecule has 2 saturated heterocycles. The molecule has 0 aromatic heterocycles. The van der Waals surface area contributed by atoms with Crippen LogP contribution in [0.1, 0.15) is 36.0 Å². The lowest BCUT2D eigenvalue weighted by Crippen LogP contribution is -2.43. The first-order valence-corrected chi connectivity index (χ1v) is 9.66. The molecule has 0 saturated carbocycles. The van der Waals surface area contributed by atoms with E-state index in [1.165, 1.54) is 4.90 Å². The normalized spacial score (nSPS) is 16.4. The van der Waals surface area contributed by atoms with Crippen molar-refractivity contribution in [3.63, 3.8) is 0 Å². The van der Waals surface area contributed by atoms with Crippen LogP contribution in [-0.2, 0) is 14.4 Å². The third-order valence-corrected chi connectivity index (χ3v) is 5.17. The zero-order chi connectivity index (χ0) is 20.1. The van der Waals surface area contributed by atoms with Crippen molar-refractivity contribution in [1.82, 2.24) is 15.1 Å². The van der Waals surface area contributed by atoms with Crippen LogP contribution in [0, 0.1) is 0 Å². The van der Waals surface area contributed by atoms with Crippen molar-refractivity contribution in [3.05, 3.63) is 29.8 Å². The molecular formula is C20H26N4O4. The van der Waals surface area contributed by atoms with Crippen LogP contribution in [-0.4, -0.2) is 73.2 Å². The van der Waals surface area contributed by atoms with Crippen molar-refractivity contribution in [2.45, 2.75) is 25.7 Å². The number of likely N-dealkylation sites (tertiary alicyclic amines) is 1. The van der Waals surface area contributed by atoms with Crippen molar-refractivity contribution >= 4 is 29.3 Å². The van der Waals surface area contributed by atoms with Gasteiger partial charge in [0.25, 0.3) is 5.91 Å². The van der Waals surface area contributed by atoms with Crippen molar-refractivity contribution in [2.75, 3.05) is 44.7 Å². The molecule has 0 aliphatic carbocycles. The van der Waals surface area contributed by atoms with Gasteiger partial charge < -0.3 is 20.0 Å². The highest BCUT2D eigenvalue weighted by Crippen LogP contribution is 2.21. The quantitative estimate of drug-likeness (QED) is 0.776. The van der Waals surface area contributed by atoms with E-state index in [4.69, 9.17) is 0 Å². The fourth-order valence-electron chi connectivity index (χ4n) is 3.46. The minimum atomic E-state index is -0.369. The smallest absolute Gasteiger partial charge is 0.251 e. The van der Waals surface area contributed by atoms with Gasteiger partial charge in [-0.2, -0.15) is 0 Å². The molecule has 150 valence electrons. The first-order chi connectivity index (χ1) is 13.5. The molecule has 4 amide bonds. The third-order valence-electron chi connectivity index (χ3n) is 5.17. The summed E-state index contributed by atoms with van der Waals surface area (Å²) in [5.74, 6) is -0.659. The van der Waals surface area contributed by atoms with Crippen molar-refractivity contribution in [2.24, 2.45) is 0 Å². The van der Waals surface area contributed by atoms with Crippen LogP contribution in [0.5, 0.6) is 0 Å². The molecule has 0 unspecified atom stereocenters.